The number of thiocarbonyl (C=S) groups is 1. The van der Waals surface area contributed by atoms with Crippen LogP contribution in [0.3, 0.4) is 0 Å². The summed E-state index contributed by atoms with van der Waals surface area (Å²) in [5.74, 6) is 0.693. The van der Waals surface area contributed by atoms with Crippen molar-refractivity contribution in [2.75, 3.05) is 28.2 Å². The summed E-state index contributed by atoms with van der Waals surface area (Å²) in [6, 6.07) is 26.4. The molecule has 15 nitrogen and oxygen atoms in total. The molecule has 1 spiro atoms. The molecule has 314 valence electrons. The second-order valence-electron chi connectivity index (χ2n) is 16.2. The number of nitrogens with one attached hydrogen (secondary N) is 3. The lowest BCUT2D eigenvalue weighted by Gasteiger charge is -2.36. The number of aromatic hydroxyl groups is 2. The van der Waals surface area contributed by atoms with Crippen molar-refractivity contribution in [1.29, 1.82) is 0 Å². The van der Waals surface area contributed by atoms with Gasteiger partial charge in [0.2, 0.25) is 0 Å². The summed E-state index contributed by atoms with van der Waals surface area (Å²) in [5, 5.41) is 39.0. The molecule has 11 rings (SSSR count). The van der Waals surface area contributed by atoms with Crippen molar-refractivity contribution < 1.29 is 29.3 Å². The number of allylic oxidation sites excluding steroid dienone is 2. The van der Waals surface area contributed by atoms with Crippen LogP contribution in [0.4, 0.5) is 22.0 Å². The molecule has 6 aromatic rings. The van der Waals surface area contributed by atoms with Gasteiger partial charge in [-0.05, 0) is 98.7 Å². The third-order valence-electron chi connectivity index (χ3n) is 12.1. The number of aryl methyl sites for hydroxylation is 1. The smallest absolute Gasteiger partial charge is 0.340 e. The van der Waals surface area contributed by atoms with Crippen molar-refractivity contribution in [3.63, 3.8) is 0 Å². The Bertz CT molecular complexity index is 2930. The zero-order valence-electron chi connectivity index (χ0n) is 33.8. The average molecular weight is 858 g/mol. The normalized spacial score (nSPS) is 18.4. The van der Waals surface area contributed by atoms with E-state index >= 15 is 0 Å². The Balaban J connectivity index is 0.759. The number of esters is 1. The Morgan fingerprint density at radius 2 is 1.76 bits per heavy atom. The Morgan fingerprint density at radius 1 is 0.968 bits per heavy atom. The molecule has 1 saturated heterocycles. The van der Waals surface area contributed by atoms with E-state index in [9.17, 15) is 19.8 Å². The zero-order chi connectivity index (χ0) is 43.0. The molecule has 0 saturated carbocycles. The van der Waals surface area contributed by atoms with E-state index in [2.05, 4.69) is 56.3 Å². The SMILES string of the molecule is Cc1cccc(-c2ccc3c(n2)N(C(=O)NC2C=C(n4cc(CNC(=S)Nc5ccc6c(c5)C(=O)OC65c6ccc(O)cc6Oc6cc(O)ccc65)nn4)C=CC2)[C@H]2CCN3C2)c1. The predicted octanol–water partition coefficient (Wildman–Crippen LogP) is 7.09. The van der Waals surface area contributed by atoms with Crippen molar-refractivity contribution in [3.05, 3.63) is 149 Å². The van der Waals surface area contributed by atoms with Gasteiger partial charge in [0, 0.05) is 53.2 Å². The van der Waals surface area contributed by atoms with Crippen LogP contribution < -0.4 is 30.5 Å². The van der Waals surface area contributed by atoms with Crippen LogP contribution in [0.5, 0.6) is 23.0 Å². The van der Waals surface area contributed by atoms with Crippen molar-refractivity contribution in [2.24, 2.45) is 0 Å². The van der Waals surface area contributed by atoms with Crippen LogP contribution in [0.2, 0.25) is 0 Å². The number of phenols is 2. The third-order valence-corrected chi connectivity index (χ3v) is 12.4. The lowest BCUT2D eigenvalue weighted by molar-refractivity contribution is 0.0224. The van der Waals surface area contributed by atoms with Gasteiger partial charge in [0.1, 0.15) is 28.7 Å². The van der Waals surface area contributed by atoms with E-state index in [1.807, 2.05) is 41.3 Å². The number of urea groups is 1. The molecule has 4 aliphatic heterocycles. The number of fused-ring (bicyclic) bond motifs is 10. The first-order valence-electron chi connectivity index (χ1n) is 20.6. The fraction of sp³-hybridized carbons (Fsp3) is 0.191. The fourth-order valence-electron chi connectivity index (χ4n) is 9.22. The van der Waals surface area contributed by atoms with Gasteiger partial charge in [-0.2, -0.15) is 0 Å². The zero-order valence-corrected chi connectivity index (χ0v) is 34.6. The minimum Gasteiger partial charge on any atom is -0.508 e. The van der Waals surface area contributed by atoms with Crippen LogP contribution >= 0.6 is 12.2 Å². The summed E-state index contributed by atoms with van der Waals surface area (Å²) in [5.41, 5.74) is 6.52. The minimum atomic E-state index is -1.36. The van der Waals surface area contributed by atoms with Gasteiger partial charge < -0.3 is 40.5 Å². The predicted molar refractivity (Wildman–Crippen MR) is 239 cm³/mol. The summed E-state index contributed by atoms with van der Waals surface area (Å²) < 4.78 is 13.9. The van der Waals surface area contributed by atoms with Crippen molar-refractivity contribution in [2.45, 2.75) is 44.0 Å². The van der Waals surface area contributed by atoms with Crippen LogP contribution in [0.25, 0.3) is 17.0 Å². The number of nitrogens with zero attached hydrogens (tertiary/aromatic N) is 6. The molecule has 1 fully saturated rings. The molecular formula is C47H39N9O6S. The van der Waals surface area contributed by atoms with E-state index in [1.165, 1.54) is 24.3 Å². The van der Waals surface area contributed by atoms with Crippen molar-refractivity contribution in [1.82, 2.24) is 30.6 Å². The fourth-order valence-corrected chi connectivity index (χ4v) is 9.41. The second-order valence-corrected chi connectivity index (χ2v) is 16.6. The van der Waals surface area contributed by atoms with Crippen LogP contribution in [-0.4, -0.2) is 72.5 Å². The molecule has 2 bridgehead atoms. The van der Waals surface area contributed by atoms with Gasteiger partial charge in [-0.25, -0.2) is 19.3 Å². The summed E-state index contributed by atoms with van der Waals surface area (Å²) in [6.07, 6.45) is 9.24. The Hall–Kier alpha value is -7.72. The van der Waals surface area contributed by atoms with Gasteiger partial charge in [-0.1, -0.05) is 41.1 Å². The van der Waals surface area contributed by atoms with Crippen molar-refractivity contribution in [3.8, 4) is 34.3 Å². The monoisotopic (exact) mass is 857 g/mol. The van der Waals surface area contributed by atoms with Crippen LogP contribution in [0, 0.1) is 6.92 Å². The third kappa shape index (κ3) is 6.57. The van der Waals surface area contributed by atoms with E-state index in [-0.39, 0.29) is 36.2 Å². The summed E-state index contributed by atoms with van der Waals surface area (Å²) in [6.45, 7) is 3.97. The number of carbonyl (C=O) groups excluding carboxylic acids is 2. The molecule has 0 radical (unpaired) electrons. The summed E-state index contributed by atoms with van der Waals surface area (Å²) in [4.78, 5) is 36.9. The van der Waals surface area contributed by atoms with E-state index in [4.69, 9.17) is 26.7 Å². The van der Waals surface area contributed by atoms with Crippen molar-refractivity contribution >= 4 is 52.2 Å². The summed E-state index contributed by atoms with van der Waals surface area (Å²) in [7, 11) is 0. The number of pyridine rings is 1. The molecule has 4 aromatic carbocycles. The molecule has 5 N–H and O–H groups in total. The Kier molecular flexibility index (Phi) is 8.94. The highest BCUT2D eigenvalue weighted by atomic mass is 32.1. The van der Waals surface area contributed by atoms with E-state index in [0.717, 1.165) is 47.7 Å². The number of rotatable bonds is 6. The van der Waals surface area contributed by atoms with Gasteiger partial charge in [0.05, 0.1) is 47.5 Å². The molecule has 1 aliphatic carbocycles. The van der Waals surface area contributed by atoms with Gasteiger partial charge in [0.25, 0.3) is 0 Å². The number of phenolic OH excluding ortho intramolecular Hbond substituents is 2. The molecule has 16 heteroatoms. The number of hydrogen-bond acceptors (Lipinski definition) is 11. The number of amides is 2. The Labute approximate surface area is 366 Å². The van der Waals surface area contributed by atoms with E-state index in [0.29, 0.717) is 62.5 Å². The highest BCUT2D eigenvalue weighted by Crippen LogP contribution is 2.57. The topological polar surface area (TPSA) is 179 Å². The number of carbonyl (C=O) groups is 2. The largest absolute Gasteiger partial charge is 0.508 e. The quantitative estimate of drug-likeness (QED) is 0.0848. The molecule has 2 atom stereocenters. The first kappa shape index (κ1) is 38.2. The number of benzene rings is 4. The molecule has 1 unspecified atom stereocenters. The maximum absolute atomic E-state index is 14.1. The molecule has 6 heterocycles. The second kappa shape index (κ2) is 14.7. The number of aromatic nitrogens is 4. The van der Waals surface area contributed by atoms with Gasteiger partial charge in [-0.15, -0.1) is 5.10 Å². The van der Waals surface area contributed by atoms with Crippen LogP contribution in [0.1, 0.15) is 51.1 Å². The highest BCUT2D eigenvalue weighted by Gasteiger charge is 2.54. The molecular weight excluding hydrogens is 819 g/mol. The molecule has 5 aliphatic rings. The maximum atomic E-state index is 14.1. The van der Waals surface area contributed by atoms with E-state index in [1.54, 1.807) is 41.2 Å². The number of anilines is 3. The van der Waals surface area contributed by atoms with E-state index < -0.39 is 11.6 Å². The maximum Gasteiger partial charge on any atom is 0.340 e. The number of ether oxygens (including phenoxy) is 2. The van der Waals surface area contributed by atoms with Crippen LogP contribution in [-0.2, 0) is 16.9 Å². The lowest BCUT2D eigenvalue weighted by atomic mass is 9.77. The van der Waals surface area contributed by atoms with Gasteiger partial charge in [-0.3, -0.25) is 4.90 Å². The summed E-state index contributed by atoms with van der Waals surface area (Å²) >= 11 is 5.63. The molecule has 63 heavy (non-hydrogen) atoms. The van der Waals surface area contributed by atoms with Crippen LogP contribution in [0.15, 0.2) is 115 Å². The standard InChI is InChI=1S/C47H39N9O6S/c1-26-4-2-5-27(18-26)39-14-15-40-43(51-39)56(32-16-17-54(40)25-32)46(60)50-28-6-3-7-31(19-28)55-24-30(52-53-55)23-48-45(63)49-29-8-11-36-35(20-29)44(59)62-47(36)37-12-9-33(57)21-41(37)61-42-22-34(58)10-13-38(42)47/h2-5,7-15,18-22,24,28,32,57-58H,6,16-17,23,25H2,1H3,(H,50,60)(H2,48,49,63)/t28?,32-/m0/s1. The number of hydrogen-bond donors (Lipinski definition) is 5. The van der Waals surface area contributed by atoms with Gasteiger partial charge in [0.15, 0.2) is 16.5 Å². The first-order valence-corrected chi connectivity index (χ1v) is 21.0. The minimum absolute atomic E-state index is 0.0196. The molecule has 2 aromatic heterocycles. The average Bonchev–Trinajstić information content (AvgIpc) is 4.00. The molecule has 2 amide bonds. The lowest BCUT2D eigenvalue weighted by Crippen LogP contribution is -2.52. The highest BCUT2D eigenvalue weighted by molar-refractivity contribution is 7.80. The first-order chi connectivity index (χ1) is 30.6. The Morgan fingerprint density at radius 3 is 2.56 bits per heavy atom. The van der Waals surface area contributed by atoms with Gasteiger partial charge >= 0.3 is 12.0 Å².